The Morgan fingerprint density at radius 1 is 1.27 bits per heavy atom. The van der Waals surface area contributed by atoms with Gasteiger partial charge in [0, 0.05) is 32.0 Å². The molecule has 1 aromatic heterocycles. The Hall–Kier alpha value is -2.01. The van der Waals surface area contributed by atoms with E-state index in [0.29, 0.717) is 32.5 Å². The van der Waals surface area contributed by atoms with Crippen LogP contribution in [-0.4, -0.2) is 74.1 Å². The lowest BCUT2D eigenvalue weighted by Gasteiger charge is -2.42. The molecule has 1 saturated heterocycles. The van der Waals surface area contributed by atoms with Crippen molar-refractivity contribution in [2.45, 2.75) is 37.1 Å². The number of carbonyl (C=O) groups is 2. The SMILES string of the molecule is NCCCCC1(C(=O)O)CN(Cc2ccccn2)CCP1(=O)O.O=C(O)C(F)(F)F. The van der Waals surface area contributed by atoms with E-state index in [0.717, 1.165) is 5.69 Å². The molecule has 1 fully saturated rings. The number of halogens is 3. The van der Waals surface area contributed by atoms with Crippen LogP contribution in [0.1, 0.15) is 25.0 Å². The van der Waals surface area contributed by atoms with Gasteiger partial charge >= 0.3 is 18.1 Å². The Bertz CT molecular complexity index is 765. The molecule has 1 aromatic rings. The second-order valence-electron chi connectivity index (χ2n) is 6.84. The molecule has 0 amide bonds. The summed E-state index contributed by atoms with van der Waals surface area (Å²) in [6.45, 7) is 1.39. The zero-order chi connectivity index (χ0) is 23.0. The summed E-state index contributed by atoms with van der Waals surface area (Å²) < 4.78 is 44.4. The maximum absolute atomic E-state index is 12.6. The molecular weight excluding hydrogens is 430 g/mol. The van der Waals surface area contributed by atoms with Crippen molar-refractivity contribution in [2.24, 2.45) is 5.73 Å². The van der Waals surface area contributed by atoms with E-state index in [1.807, 2.05) is 23.1 Å². The first-order valence-electron chi connectivity index (χ1n) is 9.03. The van der Waals surface area contributed by atoms with E-state index in [1.54, 1.807) is 6.20 Å². The summed E-state index contributed by atoms with van der Waals surface area (Å²) in [5.41, 5.74) is 6.29. The summed E-state index contributed by atoms with van der Waals surface area (Å²) in [6, 6.07) is 5.55. The highest BCUT2D eigenvalue weighted by Gasteiger charge is 2.56. The number of carboxylic acids is 2. The molecule has 2 unspecified atom stereocenters. The number of pyridine rings is 1. The summed E-state index contributed by atoms with van der Waals surface area (Å²) in [6.07, 6.45) is -2.05. The topological polar surface area (TPSA) is 154 Å². The summed E-state index contributed by atoms with van der Waals surface area (Å²) >= 11 is 0. The third kappa shape index (κ3) is 7.05. The van der Waals surface area contributed by atoms with E-state index < -0.39 is 30.6 Å². The van der Waals surface area contributed by atoms with Crippen LogP contribution in [0.2, 0.25) is 0 Å². The van der Waals surface area contributed by atoms with Gasteiger partial charge in [0.05, 0.1) is 5.69 Å². The van der Waals surface area contributed by atoms with E-state index >= 15 is 0 Å². The number of unbranched alkanes of at least 4 members (excludes halogenated alkanes) is 1. The highest BCUT2D eigenvalue weighted by Crippen LogP contribution is 2.59. The minimum absolute atomic E-state index is 0.00520. The number of carboxylic acid groups (broad SMARTS) is 2. The van der Waals surface area contributed by atoms with E-state index in [4.69, 9.17) is 15.6 Å². The Balaban J connectivity index is 0.000000553. The largest absolute Gasteiger partial charge is 0.490 e. The van der Waals surface area contributed by atoms with Crippen LogP contribution in [-0.2, 0) is 20.7 Å². The molecule has 30 heavy (non-hydrogen) atoms. The smallest absolute Gasteiger partial charge is 0.480 e. The van der Waals surface area contributed by atoms with Gasteiger partial charge in [0.15, 0.2) is 5.16 Å². The predicted octanol–water partition coefficient (Wildman–Crippen LogP) is 1.75. The normalized spacial score (nSPS) is 24.6. The summed E-state index contributed by atoms with van der Waals surface area (Å²) in [5, 5.41) is 15.2. The fourth-order valence-electron chi connectivity index (χ4n) is 3.05. The van der Waals surface area contributed by atoms with Crippen molar-refractivity contribution in [1.82, 2.24) is 9.88 Å². The minimum atomic E-state index is -5.08. The predicted molar refractivity (Wildman–Crippen MR) is 101 cm³/mol. The quantitative estimate of drug-likeness (QED) is 0.356. The van der Waals surface area contributed by atoms with Gasteiger partial charge in [-0.05, 0) is 31.5 Å². The van der Waals surface area contributed by atoms with Gasteiger partial charge in [0.1, 0.15) is 0 Å². The van der Waals surface area contributed by atoms with Crippen LogP contribution in [0.5, 0.6) is 0 Å². The van der Waals surface area contributed by atoms with Crippen LogP contribution in [0.3, 0.4) is 0 Å². The maximum Gasteiger partial charge on any atom is 0.490 e. The molecule has 2 rings (SSSR count). The third-order valence-electron chi connectivity index (χ3n) is 4.67. The summed E-state index contributed by atoms with van der Waals surface area (Å²) in [5.74, 6) is -3.95. The second-order valence-corrected chi connectivity index (χ2v) is 9.55. The molecular formula is C17H25F3N3O6P. The molecule has 2 atom stereocenters. The average molecular weight is 455 g/mol. The molecule has 5 N–H and O–H groups in total. The van der Waals surface area contributed by atoms with Crippen LogP contribution >= 0.6 is 7.37 Å². The first-order chi connectivity index (χ1) is 13.9. The van der Waals surface area contributed by atoms with Crippen molar-refractivity contribution >= 4 is 19.3 Å². The number of alkyl halides is 3. The van der Waals surface area contributed by atoms with Crippen LogP contribution in [0, 0.1) is 0 Å². The van der Waals surface area contributed by atoms with Gasteiger partial charge in [-0.25, -0.2) is 4.79 Å². The van der Waals surface area contributed by atoms with E-state index in [2.05, 4.69) is 4.98 Å². The molecule has 13 heteroatoms. The number of aliphatic carboxylic acids is 2. The number of hydrogen-bond donors (Lipinski definition) is 4. The molecule has 1 aliphatic heterocycles. The van der Waals surface area contributed by atoms with Crippen LogP contribution in [0.15, 0.2) is 24.4 Å². The number of aromatic nitrogens is 1. The minimum Gasteiger partial charge on any atom is -0.480 e. The van der Waals surface area contributed by atoms with Crippen molar-refractivity contribution in [1.29, 1.82) is 0 Å². The molecule has 2 heterocycles. The van der Waals surface area contributed by atoms with Crippen molar-refractivity contribution in [3.63, 3.8) is 0 Å². The molecule has 0 radical (unpaired) electrons. The molecule has 170 valence electrons. The lowest BCUT2D eigenvalue weighted by molar-refractivity contribution is -0.192. The summed E-state index contributed by atoms with van der Waals surface area (Å²) in [4.78, 5) is 37.3. The van der Waals surface area contributed by atoms with Gasteiger partial charge in [-0.3, -0.25) is 19.2 Å². The molecule has 1 aliphatic rings. The maximum atomic E-state index is 12.6. The Labute approximate surface area is 171 Å². The molecule has 0 saturated carbocycles. The first kappa shape index (κ1) is 26.0. The average Bonchev–Trinajstić information content (AvgIpc) is 2.65. The highest BCUT2D eigenvalue weighted by molar-refractivity contribution is 7.61. The number of nitrogens with two attached hydrogens (primary N) is 1. The fourth-order valence-corrected chi connectivity index (χ4v) is 5.26. The van der Waals surface area contributed by atoms with E-state index in [-0.39, 0.29) is 19.1 Å². The van der Waals surface area contributed by atoms with Crippen LogP contribution in [0.4, 0.5) is 13.2 Å². The summed E-state index contributed by atoms with van der Waals surface area (Å²) in [7, 11) is -3.77. The van der Waals surface area contributed by atoms with Gasteiger partial charge in [0.2, 0.25) is 7.37 Å². The van der Waals surface area contributed by atoms with Crippen molar-refractivity contribution in [3.8, 4) is 0 Å². The zero-order valence-electron chi connectivity index (χ0n) is 16.1. The Morgan fingerprint density at radius 2 is 1.90 bits per heavy atom. The van der Waals surface area contributed by atoms with Crippen LogP contribution < -0.4 is 5.73 Å². The van der Waals surface area contributed by atoms with Crippen molar-refractivity contribution < 1.29 is 42.4 Å². The van der Waals surface area contributed by atoms with Gasteiger partial charge in [-0.15, -0.1) is 0 Å². The number of nitrogens with zero attached hydrogens (tertiary/aromatic N) is 2. The van der Waals surface area contributed by atoms with Gasteiger partial charge in [-0.1, -0.05) is 12.5 Å². The Kier molecular flexibility index (Phi) is 9.41. The zero-order valence-corrected chi connectivity index (χ0v) is 17.0. The van der Waals surface area contributed by atoms with Crippen molar-refractivity contribution in [3.05, 3.63) is 30.1 Å². The lowest BCUT2D eigenvalue weighted by Crippen LogP contribution is -2.54. The van der Waals surface area contributed by atoms with E-state index in [9.17, 15) is 32.5 Å². The standard InChI is InChI=1S/C15H24N3O4P.C2HF3O2/c16-7-3-2-6-15(14(19)20)12-18(9-10-23(15,21)22)11-13-5-1-4-8-17-13;3-2(4,5)1(6)7/h1,4-5,8H,2-3,6-7,9-12,16H2,(H,19,20)(H,21,22);(H,6,7). The second kappa shape index (κ2) is 10.9. The molecule has 0 spiro atoms. The highest BCUT2D eigenvalue weighted by atomic mass is 31.2. The molecule has 0 bridgehead atoms. The van der Waals surface area contributed by atoms with Gasteiger partial charge < -0.3 is 20.8 Å². The van der Waals surface area contributed by atoms with Gasteiger partial charge in [-0.2, -0.15) is 13.2 Å². The molecule has 9 nitrogen and oxygen atoms in total. The fraction of sp³-hybridized carbons (Fsp3) is 0.588. The number of rotatable bonds is 7. The number of hydrogen-bond acceptors (Lipinski definition) is 6. The van der Waals surface area contributed by atoms with Crippen molar-refractivity contribution in [2.75, 3.05) is 25.8 Å². The third-order valence-corrected chi connectivity index (χ3v) is 7.37. The van der Waals surface area contributed by atoms with Crippen LogP contribution in [0.25, 0.3) is 0 Å². The van der Waals surface area contributed by atoms with E-state index in [1.165, 1.54) is 0 Å². The lowest BCUT2D eigenvalue weighted by atomic mass is 9.99. The monoisotopic (exact) mass is 455 g/mol. The Morgan fingerprint density at radius 3 is 2.37 bits per heavy atom. The molecule has 0 aliphatic carbocycles. The molecule has 0 aromatic carbocycles. The van der Waals surface area contributed by atoms with Gasteiger partial charge in [0.25, 0.3) is 0 Å². The first-order valence-corrected chi connectivity index (χ1v) is 10.9.